The van der Waals surface area contributed by atoms with E-state index >= 15 is 0 Å². The number of hydrogen-bond acceptors (Lipinski definition) is 7. The van der Waals surface area contributed by atoms with Crippen LogP contribution in [0.15, 0.2) is 12.7 Å². The van der Waals surface area contributed by atoms with Crippen LogP contribution in [0.25, 0.3) is 0 Å². The molecule has 0 saturated carbocycles. The third kappa shape index (κ3) is 1.09. The Morgan fingerprint density at radius 2 is 2.28 bits per heavy atom. The fourth-order valence-electron chi connectivity index (χ4n) is 2.83. The lowest BCUT2D eigenvalue weighted by Gasteiger charge is -2.27. The van der Waals surface area contributed by atoms with Crippen LogP contribution in [0.2, 0.25) is 0 Å². The summed E-state index contributed by atoms with van der Waals surface area (Å²) >= 11 is 0. The van der Waals surface area contributed by atoms with Crippen molar-refractivity contribution in [2.45, 2.75) is 35.6 Å². The standard InChI is InChI=1S/C10H9NO6S/c1-2-7(12)16-8-5-3-6-9(15-5)10(8,4-11)18(13,14)17-6/h2,5-6,8-9H,1,3H2. The van der Waals surface area contributed by atoms with E-state index in [1.54, 1.807) is 6.07 Å². The highest BCUT2D eigenvalue weighted by Gasteiger charge is 2.78. The Balaban J connectivity index is 2.09. The SMILES string of the molecule is C=CC(=O)OC1C2CC3OS(=O)(=O)C1(C#N)C3O2. The van der Waals surface area contributed by atoms with Gasteiger partial charge >= 0.3 is 5.97 Å². The van der Waals surface area contributed by atoms with Crippen LogP contribution in [0.5, 0.6) is 0 Å². The number of carbonyl (C=O) groups excluding carboxylic acids is 1. The summed E-state index contributed by atoms with van der Waals surface area (Å²) in [4.78, 5) is 11.2. The van der Waals surface area contributed by atoms with Gasteiger partial charge in [0, 0.05) is 12.5 Å². The first-order valence-corrected chi connectivity index (χ1v) is 6.69. The Kier molecular flexibility index (Phi) is 2.15. The Morgan fingerprint density at radius 1 is 1.56 bits per heavy atom. The predicted molar refractivity (Wildman–Crippen MR) is 55.5 cm³/mol. The van der Waals surface area contributed by atoms with E-state index in [2.05, 4.69) is 6.58 Å². The Bertz CT molecular complexity index is 578. The third-order valence-electron chi connectivity index (χ3n) is 3.56. The highest BCUT2D eigenvalue weighted by molar-refractivity contribution is 7.88. The summed E-state index contributed by atoms with van der Waals surface area (Å²) in [5, 5.41) is 9.25. The van der Waals surface area contributed by atoms with Gasteiger partial charge in [0.05, 0.1) is 6.07 Å². The molecule has 3 fully saturated rings. The number of nitrogens with zero attached hydrogens (tertiary/aromatic N) is 1. The lowest BCUT2D eigenvalue weighted by molar-refractivity contribution is -0.146. The number of hydrogen-bond donors (Lipinski definition) is 0. The number of fused-ring (bicyclic) bond motifs is 1. The van der Waals surface area contributed by atoms with Crippen molar-refractivity contribution in [3.63, 3.8) is 0 Å². The lowest BCUT2D eigenvalue weighted by atomic mass is 9.85. The first-order chi connectivity index (χ1) is 8.46. The Hall–Kier alpha value is -1.43. The zero-order valence-corrected chi connectivity index (χ0v) is 9.92. The molecule has 96 valence electrons. The van der Waals surface area contributed by atoms with Crippen LogP contribution in [0.3, 0.4) is 0 Å². The van der Waals surface area contributed by atoms with E-state index in [-0.39, 0.29) is 0 Å². The average molecular weight is 271 g/mol. The molecule has 0 radical (unpaired) electrons. The molecular formula is C10H9NO6S. The summed E-state index contributed by atoms with van der Waals surface area (Å²) in [6, 6.07) is 1.72. The maximum Gasteiger partial charge on any atom is 0.330 e. The van der Waals surface area contributed by atoms with Gasteiger partial charge in [0.25, 0.3) is 14.9 Å². The molecule has 0 aliphatic carbocycles. The number of rotatable bonds is 2. The van der Waals surface area contributed by atoms with Crippen molar-refractivity contribution in [3.05, 3.63) is 12.7 Å². The van der Waals surface area contributed by atoms with Crippen molar-refractivity contribution in [2.24, 2.45) is 0 Å². The van der Waals surface area contributed by atoms with Gasteiger partial charge in [-0.15, -0.1) is 0 Å². The number of nitriles is 1. The number of esters is 1. The van der Waals surface area contributed by atoms with E-state index in [9.17, 15) is 18.5 Å². The van der Waals surface area contributed by atoms with Crippen molar-refractivity contribution in [1.82, 2.24) is 0 Å². The van der Waals surface area contributed by atoms with Crippen LogP contribution in [0.1, 0.15) is 6.42 Å². The Morgan fingerprint density at radius 3 is 2.89 bits per heavy atom. The molecule has 3 aliphatic heterocycles. The average Bonchev–Trinajstić information content (AvgIpc) is 2.87. The van der Waals surface area contributed by atoms with Crippen LogP contribution < -0.4 is 0 Å². The predicted octanol–water partition coefficient (Wildman–Crippen LogP) is -0.754. The molecule has 2 bridgehead atoms. The smallest absolute Gasteiger partial charge is 0.330 e. The van der Waals surface area contributed by atoms with Crippen LogP contribution in [-0.4, -0.2) is 43.5 Å². The summed E-state index contributed by atoms with van der Waals surface area (Å²) < 4.78 is 37.3. The van der Waals surface area contributed by atoms with Crippen LogP contribution in [0, 0.1) is 11.3 Å². The molecule has 0 aromatic carbocycles. The molecular weight excluding hydrogens is 262 g/mol. The molecule has 3 saturated heterocycles. The van der Waals surface area contributed by atoms with Gasteiger partial charge in [-0.1, -0.05) is 6.58 Å². The van der Waals surface area contributed by atoms with Crippen LogP contribution in [0.4, 0.5) is 0 Å². The molecule has 18 heavy (non-hydrogen) atoms. The topological polar surface area (TPSA) is 103 Å². The summed E-state index contributed by atoms with van der Waals surface area (Å²) in [5.74, 6) is -0.788. The zero-order chi connectivity index (χ0) is 13.1. The first-order valence-electron chi connectivity index (χ1n) is 5.29. The van der Waals surface area contributed by atoms with Crippen molar-refractivity contribution in [1.29, 1.82) is 5.26 Å². The van der Waals surface area contributed by atoms with E-state index in [1.807, 2.05) is 0 Å². The van der Waals surface area contributed by atoms with E-state index in [4.69, 9.17) is 13.7 Å². The maximum absolute atomic E-state index is 12.0. The third-order valence-corrected chi connectivity index (χ3v) is 5.44. The minimum atomic E-state index is -4.14. The van der Waals surface area contributed by atoms with Crippen molar-refractivity contribution in [2.75, 3.05) is 0 Å². The second-order valence-electron chi connectivity index (χ2n) is 4.39. The molecule has 8 heteroatoms. The minimum Gasteiger partial charge on any atom is -0.453 e. The normalized spacial score (nSPS) is 46.6. The number of ether oxygens (including phenoxy) is 2. The molecule has 0 amide bonds. The largest absolute Gasteiger partial charge is 0.453 e. The van der Waals surface area contributed by atoms with Gasteiger partial charge in [-0.2, -0.15) is 13.7 Å². The molecule has 5 atom stereocenters. The maximum atomic E-state index is 12.0. The van der Waals surface area contributed by atoms with Crippen molar-refractivity contribution in [3.8, 4) is 6.07 Å². The summed E-state index contributed by atoms with van der Waals surface area (Å²) in [5.41, 5.74) is 0. The van der Waals surface area contributed by atoms with E-state index < -0.39 is 45.3 Å². The molecule has 0 aromatic rings. The van der Waals surface area contributed by atoms with Gasteiger partial charge in [0.15, 0.2) is 6.10 Å². The van der Waals surface area contributed by atoms with Crippen molar-refractivity contribution >= 4 is 16.1 Å². The van der Waals surface area contributed by atoms with E-state index in [0.717, 1.165) is 6.08 Å². The monoisotopic (exact) mass is 271 g/mol. The fourth-order valence-corrected chi connectivity index (χ4v) is 4.58. The van der Waals surface area contributed by atoms with Gasteiger partial charge in [-0.05, 0) is 0 Å². The van der Waals surface area contributed by atoms with E-state index in [0.29, 0.717) is 6.42 Å². The lowest BCUT2D eigenvalue weighted by Crippen LogP contribution is -2.54. The second kappa shape index (κ2) is 3.32. The van der Waals surface area contributed by atoms with Crippen LogP contribution >= 0.6 is 0 Å². The first kappa shape index (κ1) is 11.6. The number of carbonyl (C=O) groups is 1. The van der Waals surface area contributed by atoms with Gasteiger partial charge < -0.3 is 9.47 Å². The highest BCUT2D eigenvalue weighted by Crippen LogP contribution is 2.54. The summed E-state index contributed by atoms with van der Waals surface area (Å²) in [7, 11) is -4.14. The van der Waals surface area contributed by atoms with Gasteiger partial charge in [-0.25, -0.2) is 4.79 Å². The summed E-state index contributed by atoms with van der Waals surface area (Å²) in [6.45, 7) is 3.23. The van der Waals surface area contributed by atoms with Crippen molar-refractivity contribution < 1.29 is 26.9 Å². The minimum absolute atomic E-state index is 0.294. The molecule has 0 N–H and O–H groups in total. The summed E-state index contributed by atoms with van der Waals surface area (Å²) in [6.07, 6.45) is -2.12. The zero-order valence-electron chi connectivity index (χ0n) is 9.11. The molecule has 3 heterocycles. The fraction of sp³-hybridized carbons (Fsp3) is 0.600. The molecule has 0 spiro atoms. The molecule has 3 aliphatic rings. The highest BCUT2D eigenvalue weighted by atomic mass is 32.2. The molecule has 5 unspecified atom stereocenters. The van der Waals surface area contributed by atoms with Gasteiger partial charge in [0.1, 0.15) is 18.3 Å². The van der Waals surface area contributed by atoms with Gasteiger partial charge in [-0.3, -0.25) is 4.18 Å². The van der Waals surface area contributed by atoms with E-state index in [1.165, 1.54) is 0 Å². The quantitative estimate of drug-likeness (QED) is 0.369. The van der Waals surface area contributed by atoms with Gasteiger partial charge in [0.2, 0.25) is 0 Å². The molecule has 0 aromatic heterocycles. The van der Waals surface area contributed by atoms with Crippen LogP contribution in [-0.2, 0) is 28.6 Å². The Labute approximate surface area is 103 Å². The second-order valence-corrected chi connectivity index (χ2v) is 6.16. The molecule has 7 nitrogen and oxygen atoms in total. The molecule has 3 rings (SSSR count).